The van der Waals surface area contributed by atoms with E-state index in [-0.39, 0.29) is 5.91 Å². The first-order valence-electron chi connectivity index (χ1n) is 6.63. The molecule has 1 amide bonds. The van der Waals surface area contributed by atoms with E-state index in [1.54, 1.807) is 17.5 Å². The highest BCUT2D eigenvalue weighted by atomic mass is 35.5. The monoisotopic (exact) mass is 332 g/mol. The number of thiazole rings is 1. The van der Waals surface area contributed by atoms with E-state index in [2.05, 4.69) is 10.3 Å². The maximum Gasteiger partial charge on any atom is 0.275 e. The van der Waals surface area contributed by atoms with E-state index in [0.29, 0.717) is 27.2 Å². The standard InChI is InChI=1S/C16H13ClN2O2S/c1-9-6-7-14(21-9)16-19-13(8-22-16)15(20)18-12-5-3-4-11(17)10(12)2/h3-8H,1-2H3,(H,18,20). The molecule has 0 radical (unpaired) electrons. The molecule has 4 nitrogen and oxygen atoms in total. The minimum Gasteiger partial charge on any atom is -0.459 e. The quantitative estimate of drug-likeness (QED) is 0.740. The van der Waals surface area contributed by atoms with Crippen molar-refractivity contribution in [2.75, 3.05) is 5.32 Å². The van der Waals surface area contributed by atoms with Crippen molar-refractivity contribution in [3.8, 4) is 10.8 Å². The van der Waals surface area contributed by atoms with Crippen molar-refractivity contribution >= 4 is 34.5 Å². The highest BCUT2D eigenvalue weighted by molar-refractivity contribution is 7.13. The number of rotatable bonds is 3. The first-order chi connectivity index (χ1) is 10.5. The summed E-state index contributed by atoms with van der Waals surface area (Å²) in [6, 6.07) is 9.10. The average molecular weight is 333 g/mol. The summed E-state index contributed by atoms with van der Waals surface area (Å²) in [5, 5.41) is 5.83. The molecule has 0 unspecified atom stereocenters. The molecule has 3 aromatic rings. The Labute approximate surface area is 136 Å². The van der Waals surface area contributed by atoms with Crippen LogP contribution in [0.25, 0.3) is 10.8 Å². The molecule has 3 rings (SSSR count). The Morgan fingerprint density at radius 2 is 2.09 bits per heavy atom. The van der Waals surface area contributed by atoms with Gasteiger partial charge in [0.25, 0.3) is 5.91 Å². The summed E-state index contributed by atoms with van der Waals surface area (Å²) in [6.45, 7) is 3.72. The van der Waals surface area contributed by atoms with Gasteiger partial charge in [-0.25, -0.2) is 4.98 Å². The van der Waals surface area contributed by atoms with Crippen molar-refractivity contribution in [1.29, 1.82) is 0 Å². The SMILES string of the molecule is Cc1ccc(-c2nc(C(=O)Nc3cccc(Cl)c3C)cs2)o1. The number of hydrogen-bond donors (Lipinski definition) is 1. The molecule has 0 saturated carbocycles. The summed E-state index contributed by atoms with van der Waals surface area (Å²) < 4.78 is 5.51. The summed E-state index contributed by atoms with van der Waals surface area (Å²) in [5.41, 5.74) is 1.86. The van der Waals surface area contributed by atoms with Gasteiger partial charge in [-0.1, -0.05) is 17.7 Å². The molecule has 0 bridgehead atoms. The molecule has 0 saturated heterocycles. The highest BCUT2D eigenvalue weighted by Gasteiger charge is 2.15. The Balaban J connectivity index is 1.81. The molecule has 22 heavy (non-hydrogen) atoms. The van der Waals surface area contributed by atoms with E-state index in [1.165, 1.54) is 11.3 Å². The van der Waals surface area contributed by atoms with Crippen LogP contribution in [0.1, 0.15) is 21.8 Å². The van der Waals surface area contributed by atoms with Gasteiger partial charge < -0.3 is 9.73 Å². The summed E-state index contributed by atoms with van der Waals surface area (Å²) in [7, 11) is 0. The first kappa shape index (κ1) is 14.8. The number of carbonyl (C=O) groups is 1. The number of anilines is 1. The molecule has 0 spiro atoms. The zero-order valence-corrected chi connectivity index (χ0v) is 13.6. The van der Waals surface area contributed by atoms with Crippen LogP contribution in [0.4, 0.5) is 5.69 Å². The lowest BCUT2D eigenvalue weighted by atomic mass is 10.2. The lowest BCUT2D eigenvalue weighted by molar-refractivity contribution is 0.102. The number of nitrogens with zero attached hydrogens (tertiary/aromatic N) is 1. The third kappa shape index (κ3) is 2.91. The number of benzene rings is 1. The van der Waals surface area contributed by atoms with Crippen LogP contribution in [0.2, 0.25) is 5.02 Å². The fourth-order valence-corrected chi connectivity index (χ4v) is 2.90. The van der Waals surface area contributed by atoms with Gasteiger partial charge in [0.2, 0.25) is 0 Å². The number of amides is 1. The zero-order chi connectivity index (χ0) is 15.7. The van der Waals surface area contributed by atoms with Crippen molar-refractivity contribution < 1.29 is 9.21 Å². The van der Waals surface area contributed by atoms with Gasteiger partial charge in [-0.2, -0.15) is 0 Å². The van der Waals surface area contributed by atoms with Gasteiger partial charge in [0, 0.05) is 16.1 Å². The predicted octanol–water partition coefficient (Wildman–Crippen LogP) is 4.93. The summed E-state index contributed by atoms with van der Waals surface area (Å²) >= 11 is 7.42. The van der Waals surface area contributed by atoms with Gasteiger partial charge in [-0.3, -0.25) is 4.79 Å². The fourth-order valence-electron chi connectivity index (χ4n) is 1.97. The Morgan fingerprint density at radius 3 is 2.82 bits per heavy atom. The second-order valence-electron chi connectivity index (χ2n) is 4.81. The lowest BCUT2D eigenvalue weighted by Gasteiger charge is -2.07. The maximum atomic E-state index is 12.3. The number of hydrogen-bond acceptors (Lipinski definition) is 4. The predicted molar refractivity (Wildman–Crippen MR) is 88.7 cm³/mol. The van der Waals surface area contributed by atoms with Crippen LogP contribution >= 0.6 is 22.9 Å². The number of aryl methyl sites for hydroxylation is 1. The molecule has 2 aromatic heterocycles. The third-order valence-electron chi connectivity index (χ3n) is 3.20. The first-order valence-corrected chi connectivity index (χ1v) is 7.89. The van der Waals surface area contributed by atoms with Crippen molar-refractivity contribution in [3.05, 3.63) is 57.8 Å². The second-order valence-corrected chi connectivity index (χ2v) is 6.08. The smallest absolute Gasteiger partial charge is 0.275 e. The van der Waals surface area contributed by atoms with Crippen LogP contribution in [0.3, 0.4) is 0 Å². The van der Waals surface area contributed by atoms with Crippen molar-refractivity contribution in [2.24, 2.45) is 0 Å². The molecular formula is C16H13ClN2O2S. The second kappa shape index (κ2) is 5.94. The molecule has 0 aliphatic heterocycles. The van der Waals surface area contributed by atoms with Gasteiger partial charge in [0.05, 0.1) is 0 Å². The topological polar surface area (TPSA) is 55.1 Å². The van der Waals surface area contributed by atoms with Crippen LogP contribution in [-0.2, 0) is 0 Å². The molecule has 2 heterocycles. The molecule has 6 heteroatoms. The number of carbonyl (C=O) groups excluding carboxylic acids is 1. The van der Waals surface area contributed by atoms with Gasteiger partial charge >= 0.3 is 0 Å². The van der Waals surface area contributed by atoms with Gasteiger partial charge in [0.1, 0.15) is 11.5 Å². The van der Waals surface area contributed by atoms with E-state index in [9.17, 15) is 4.79 Å². The van der Waals surface area contributed by atoms with Crippen LogP contribution in [0.15, 0.2) is 40.1 Å². The van der Waals surface area contributed by atoms with Crippen LogP contribution in [0, 0.1) is 13.8 Å². The Hall–Kier alpha value is -2.11. The maximum absolute atomic E-state index is 12.3. The Morgan fingerprint density at radius 1 is 1.27 bits per heavy atom. The van der Waals surface area contributed by atoms with E-state index in [0.717, 1.165) is 11.3 Å². The molecule has 1 N–H and O–H groups in total. The van der Waals surface area contributed by atoms with Gasteiger partial charge in [-0.15, -0.1) is 11.3 Å². The zero-order valence-electron chi connectivity index (χ0n) is 12.0. The molecule has 0 aliphatic carbocycles. The summed E-state index contributed by atoms with van der Waals surface area (Å²) in [6.07, 6.45) is 0. The van der Waals surface area contributed by atoms with Crippen molar-refractivity contribution in [1.82, 2.24) is 4.98 Å². The molecule has 0 aliphatic rings. The molecule has 0 atom stereocenters. The van der Waals surface area contributed by atoms with Crippen LogP contribution < -0.4 is 5.32 Å². The van der Waals surface area contributed by atoms with Crippen LogP contribution in [0.5, 0.6) is 0 Å². The van der Waals surface area contributed by atoms with E-state index >= 15 is 0 Å². The fraction of sp³-hybridized carbons (Fsp3) is 0.125. The van der Waals surface area contributed by atoms with Crippen molar-refractivity contribution in [3.63, 3.8) is 0 Å². The van der Waals surface area contributed by atoms with Gasteiger partial charge in [0.15, 0.2) is 10.8 Å². The van der Waals surface area contributed by atoms with E-state index in [4.69, 9.17) is 16.0 Å². The lowest BCUT2D eigenvalue weighted by Crippen LogP contribution is -2.13. The minimum atomic E-state index is -0.267. The largest absolute Gasteiger partial charge is 0.459 e. The van der Waals surface area contributed by atoms with Crippen molar-refractivity contribution in [2.45, 2.75) is 13.8 Å². The normalized spacial score (nSPS) is 10.7. The van der Waals surface area contributed by atoms with Gasteiger partial charge in [-0.05, 0) is 43.7 Å². The number of nitrogens with one attached hydrogen (secondary N) is 1. The molecule has 0 fully saturated rings. The third-order valence-corrected chi connectivity index (χ3v) is 4.47. The Bertz CT molecular complexity index is 838. The highest BCUT2D eigenvalue weighted by Crippen LogP contribution is 2.27. The van der Waals surface area contributed by atoms with E-state index < -0.39 is 0 Å². The number of halogens is 1. The molecule has 1 aromatic carbocycles. The number of aromatic nitrogens is 1. The molecule has 112 valence electrons. The van der Waals surface area contributed by atoms with Crippen LogP contribution in [-0.4, -0.2) is 10.9 Å². The average Bonchev–Trinajstić information content (AvgIpc) is 3.12. The van der Waals surface area contributed by atoms with E-state index in [1.807, 2.05) is 32.0 Å². The number of furan rings is 1. The summed E-state index contributed by atoms with van der Waals surface area (Å²) in [5.74, 6) is 1.21. The Kier molecular flexibility index (Phi) is 4.00. The summed E-state index contributed by atoms with van der Waals surface area (Å²) in [4.78, 5) is 16.6. The molecular weight excluding hydrogens is 320 g/mol. The minimum absolute atomic E-state index is 0.267.